The highest BCUT2D eigenvalue weighted by molar-refractivity contribution is 8.13. The number of amidine groups is 2. The first-order valence-electron chi connectivity index (χ1n) is 12.3. The number of aliphatic imine (C=N–C) groups is 2. The summed E-state index contributed by atoms with van der Waals surface area (Å²) in [6, 6.07) is 20.5. The highest BCUT2D eigenvalue weighted by atomic mass is 32.2. The number of nitrogens with one attached hydrogen (secondary N) is 1. The monoisotopic (exact) mass is 543 g/mol. The van der Waals surface area contributed by atoms with Crippen molar-refractivity contribution in [3.63, 3.8) is 0 Å². The largest absolute Gasteiger partial charge is 0.497 e. The van der Waals surface area contributed by atoms with Crippen LogP contribution < -0.4 is 10.1 Å². The smallest absolute Gasteiger partial charge is 0.269 e. The maximum Gasteiger partial charge on any atom is 0.269 e. The third-order valence-electron chi connectivity index (χ3n) is 6.36. The van der Waals surface area contributed by atoms with Gasteiger partial charge in [0.1, 0.15) is 17.6 Å². The Labute approximate surface area is 228 Å². The Balaban J connectivity index is 1.24. The zero-order valence-corrected chi connectivity index (χ0v) is 21.9. The van der Waals surface area contributed by atoms with Gasteiger partial charge in [0, 0.05) is 36.4 Å². The zero-order valence-electron chi connectivity index (χ0n) is 21.1. The third kappa shape index (κ3) is 5.83. The van der Waals surface area contributed by atoms with Crippen molar-refractivity contribution in [2.75, 3.05) is 7.11 Å². The van der Waals surface area contributed by atoms with Crippen LogP contribution in [0.15, 0.2) is 82.8 Å². The first-order valence-corrected chi connectivity index (χ1v) is 13.3. The summed E-state index contributed by atoms with van der Waals surface area (Å²) in [5.41, 5.74) is 3.30. The van der Waals surface area contributed by atoms with Gasteiger partial charge in [-0.3, -0.25) is 24.7 Å². The lowest BCUT2D eigenvalue weighted by atomic mass is 10.1. The summed E-state index contributed by atoms with van der Waals surface area (Å²) in [4.78, 5) is 47.4. The maximum atomic E-state index is 13.4. The summed E-state index contributed by atoms with van der Waals surface area (Å²) in [6.45, 7) is 0.381. The second-order valence-electron chi connectivity index (χ2n) is 8.93. The molecular formula is C28H25N5O5S. The summed E-state index contributed by atoms with van der Waals surface area (Å²) >= 11 is 1.36. The first kappa shape index (κ1) is 26.1. The number of nitrogens with zero attached hydrogens (tertiary/aromatic N) is 4. The van der Waals surface area contributed by atoms with Gasteiger partial charge in [-0.1, -0.05) is 48.2 Å². The van der Waals surface area contributed by atoms with Crippen LogP contribution in [0.4, 0.5) is 11.4 Å². The van der Waals surface area contributed by atoms with Crippen LogP contribution in [0.3, 0.4) is 0 Å². The Morgan fingerprint density at radius 2 is 1.79 bits per heavy atom. The van der Waals surface area contributed by atoms with Gasteiger partial charge in [0.15, 0.2) is 5.17 Å². The van der Waals surface area contributed by atoms with Crippen LogP contribution in [0.1, 0.15) is 29.5 Å². The standard InChI is InChI=1S/C28H25N5O5S/c1-38-21-12-8-18(9-13-21)16-29-25(34)15-14-24-27(35)32-26(30-24)22-4-2-3-5-23(22)31-28(32)39-17-19-6-10-20(11-7-19)33(36)37/h2-13,24H,14-17H2,1H3,(H,29,34)/t24-/m1/s1. The van der Waals surface area contributed by atoms with Gasteiger partial charge < -0.3 is 10.1 Å². The van der Waals surface area contributed by atoms with Crippen LogP contribution in [0.5, 0.6) is 5.75 Å². The fourth-order valence-corrected chi connectivity index (χ4v) is 5.21. The summed E-state index contributed by atoms with van der Waals surface area (Å²) < 4.78 is 5.15. The van der Waals surface area contributed by atoms with Gasteiger partial charge >= 0.3 is 0 Å². The van der Waals surface area contributed by atoms with Crippen molar-refractivity contribution < 1.29 is 19.2 Å². The van der Waals surface area contributed by atoms with E-state index in [1.807, 2.05) is 48.5 Å². The van der Waals surface area contributed by atoms with Crippen molar-refractivity contribution in [2.45, 2.75) is 31.2 Å². The van der Waals surface area contributed by atoms with Gasteiger partial charge in [-0.2, -0.15) is 0 Å². The Bertz CT molecular complexity index is 1470. The molecule has 0 unspecified atom stereocenters. The molecule has 11 heteroatoms. The second kappa shape index (κ2) is 11.5. The summed E-state index contributed by atoms with van der Waals surface area (Å²) in [5.74, 6) is 1.35. The molecule has 2 amide bonds. The number of fused-ring (bicyclic) bond motifs is 3. The fraction of sp³-hybridized carbons (Fsp3) is 0.214. The van der Waals surface area contributed by atoms with E-state index in [1.165, 1.54) is 28.8 Å². The van der Waals surface area contributed by atoms with Gasteiger partial charge in [-0.15, -0.1) is 0 Å². The molecule has 0 saturated heterocycles. The molecule has 1 atom stereocenters. The molecule has 0 bridgehead atoms. The number of nitro groups is 1. The number of rotatable bonds is 9. The Morgan fingerprint density at radius 1 is 1.08 bits per heavy atom. The van der Waals surface area contributed by atoms with E-state index in [0.29, 0.717) is 29.0 Å². The molecular weight excluding hydrogens is 518 g/mol. The van der Waals surface area contributed by atoms with Crippen LogP contribution in [0.25, 0.3) is 0 Å². The average Bonchev–Trinajstić information content (AvgIpc) is 3.30. The number of hydrogen-bond donors (Lipinski definition) is 1. The molecule has 3 aromatic carbocycles. The van der Waals surface area contributed by atoms with Crippen LogP contribution in [-0.2, 0) is 21.9 Å². The third-order valence-corrected chi connectivity index (χ3v) is 7.37. The number of thioether (sulfide) groups is 1. The lowest BCUT2D eigenvalue weighted by molar-refractivity contribution is -0.384. The molecule has 2 aliphatic rings. The number of benzene rings is 3. The molecule has 0 saturated carbocycles. The first-order chi connectivity index (χ1) is 18.9. The molecule has 2 aliphatic heterocycles. The van der Waals surface area contributed by atoms with Crippen LogP contribution in [0, 0.1) is 10.1 Å². The minimum atomic E-state index is -0.692. The molecule has 39 heavy (non-hydrogen) atoms. The molecule has 5 rings (SSSR count). The number of para-hydroxylation sites is 1. The van der Waals surface area contributed by atoms with E-state index in [9.17, 15) is 19.7 Å². The number of hydrogen-bond acceptors (Lipinski definition) is 8. The van der Waals surface area contributed by atoms with E-state index in [4.69, 9.17) is 14.7 Å². The molecule has 198 valence electrons. The number of methoxy groups -OCH3 is 1. The van der Waals surface area contributed by atoms with Gasteiger partial charge in [0.2, 0.25) is 5.91 Å². The topological polar surface area (TPSA) is 126 Å². The Hall–Kier alpha value is -4.51. The minimum absolute atomic E-state index is 0.0210. The zero-order chi connectivity index (χ0) is 27.4. The molecule has 0 aromatic heterocycles. The molecule has 0 aliphatic carbocycles. The van der Waals surface area contributed by atoms with Crippen molar-refractivity contribution in [2.24, 2.45) is 9.98 Å². The number of ether oxygens (including phenoxy) is 1. The second-order valence-corrected chi connectivity index (χ2v) is 9.87. The van der Waals surface area contributed by atoms with Crippen molar-refractivity contribution in [3.8, 4) is 5.75 Å². The van der Waals surface area contributed by atoms with Crippen LogP contribution in [0.2, 0.25) is 0 Å². The lowest BCUT2D eigenvalue weighted by Gasteiger charge is -2.25. The summed E-state index contributed by atoms with van der Waals surface area (Å²) in [7, 11) is 1.60. The predicted octanol–water partition coefficient (Wildman–Crippen LogP) is 4.59. The Morgan fingerprint density at radius 3 is 2.51 bits per heavy atom. The molecule has 0 fully saturated rings. The molecule has 2 heterocycles. The minimum Gasteiger partial charge on any atom is -0.497 e. The Kier molecular flexibility index (Phi) is 7.69. The molecule has 0 radical (unpaired) electrons. The highest BCUT2D eigenvalue weighted by Crippen LogP contribution is 2.35. The van der Waals surface area contributed by atoms with Gasteiger partial charge in [-0.05, 0) is 41.8 Å². The number of carbonyl (C=O) groups excluding carboxylic acids is 2. The van der Waals surface area contributed by atoms with Crippen molar-refractivity contribution in [1.82, 2.24) is 10.2 Å². The quantitative estimate of drug-likeness (QED) is 0.311. The molecule has 10 nitrogen and oxygen atoms in total. The van der Waals surface area contributed by atoms with Crippen molar-refractivity contribution >= 4 is 46.0 Å². The van der Waals surface area contributed by atoms with Gasteiger partial charge in [0.05, 0.1) is 17.7 Å². The van der Waals surface area contributed by atoms with Gasteiger partial charge in [-0.25, -0.2) is 9.89 Å². The van der Waals surface area contributed by atoms with E-state index < -0.39 is 11.0 Å². The van der Waals surface area contributed by atoms with Crippen molar-refractivity contribution in [1.29, 1.82) is 0 Å². The molecule has 1 N–H and O–H groups in total. The lowest BCUT2D eigenvalue weighted by Crippen LogP contribution is -2.41. The molecule has 0 spiro atoms. The number of amides is 2. The average molecular weight is 544 g/mol. The maximum absolute atomic E-state index is 13.4. The normalized spacial score (nSPS) is 15.7. The van der Waals surface area contributed by atoms with E-state index in [-0.39, 0.29) is 30.3 Å². The fourth-order valence-electron chi connectivity index (χ4n) is 4.25. The van der Waals surface area contributed by atoms with Crippen molar-refractivity contribution in [3.05, 3.63) is 99.6 Å². The predicted molar refractivity (Wildman–Crippen MR) is 149 cm³/mol. The SMILES string of the molecule is COc1ccc(CNC(=O)CC[C@H]2N=C3c4ccccc4N=C(SCc4ccc([N+](=O)[O-])cc4)N3C2=O)cc1. The number of non-ortho nitro benzene ring substituents is 1. The summed E-state index contributed by atoms with van der Waals surface area (Å²) in [6.07, 6.45) is 0.428. The number of carbonyl (C=O) groups is 2. The van der Waals surface area contributed by atoms with Gasteiger partial charge in [0.25, 0.3) is 11.6 Å². The van der Waals surface area contributed by atoms with E-state index in [0.717, 1.165) is 22.4 Å². The van der Waals surface area contributed by atoms with Crippen LogP contribution in [-0.4, -0.2) is 45.8 Å². The van der Waals surface area contributed by atoms with Crippen LogP contribution >= 0.6 is 11.8 Å². The molecule has 3 aromatic rings. The highest BCUT2D eigenvalue weighted by Gasteiger charge is 2.41. The van der Waals surface area contributed by atoms with E-state index in [2.05, 4.69) is 5.32 Å². The summed E-state index contributed by atoms with van der Waals surface area (Å²) in [5, 5.41) is 14.3. The van der Waals surface area contributed by atoms with E-state index >= 15 is 0 Å². The number of nitro benzene ring substituents is 1. The van der Waals surface area contributed by atoms with E-state index in [1.54, 1.807) is 19.2 Å².